The molecule has 2 aromatic rings. The lowest BCUT2D eigenvalue weighted by Gasteiger charge is -2.16. The maximum absolute atomic E-state index is 14.1. The zero-order chi connectivity index (χ0) is 13.8. The number of rotatable bonds is 5. The molecule has 0 spiro atoms. The lowest BCUT2D eigenvalue weighted by molar-refractivity contribution is 0.382. The number of aryl methyl sites for hydroxylation is 1. The zero-order valence-electron chi connectivity index (χ0n) is 10.9. The van der Waals surface area contributed by atoms with Crippen molar-refractivity contribution in [2.75, 3.05) is 7.11 Å². The van der Waals surface area contributed by atoms with Crippen molar-refractivity contribution in [2.45, 2.75) is 12.5 Å². The van der Waals surface area contributed by atoms with Gasteiger partial charge in [0.2, 0.25) is 0 Å². The van der Waals surface area contributed by atoms with Crippen LogP contribution in [-0.4, -0.2) is 16.7 Å². The van der Waals surface area contributed by atoms with E-state index in [0.717, 1.165) is 5.82 Å². The van der Waals surface area contributed by atoms with Crippen LogP contribution in [0.15, 0.2) is 30.6 Å². The van der Waals surface area contributed by atoms with Gasteiger partial charge in [0, 0.05) is 19.4 Å². The van der Waals surface area contributed by atoms with Gasteiger partial charge in [0.15, 0.2) is 11.6 Å². The highest BCUT2D eigenvalue weighted by Gasteiger charge is 2.18. The second-order valence-corrected chi connectivity index (χ2v) is 4.25. The number of ether oxygens (including phenoxy) is 1. The minimum absolute atomic E-state index is 0.230. The van der Waals surface area contributed by atoms with Crippen molar-refractivity contribution in [1.29, 1.82) is 0 Å². The van der Waals surface area contributed by atoms with Gasteiger partial charge in [0.25, 0.3) is 0 Å². The van der Waals surface area contributed by atoms with Gasteiger partial charge in [-0.05, 0) is 18.1 Å². The first-order valence-electron chi connectivity index (χ1n) is 5.92. The normalized spacial score (nSPS) is 12.4. The van der Waals surface area contributed by atoms with Crippen LogP contribution in [0.3, 0.4) is 0 Å². The maximum Gasteiger partial charge on any atom is 0.168 e. The van der Waals surface area contributed by atoms with E-state index in [0.29, 0.717) is 12.0 Å². The molecule has 0 bridgehead atoms. The topological polar surface area (TPSA) is 65.1 Å². The summed E-state index contributed by atoms with van der Waals surface area (Å²) >= 11 is 0. The first-order valence-corrected chi connectivity index (χ1v) is 5.92. The summed E-state index contributed by atoms with van der Waals surface area (Å²) in [5.74, 6) is 6.17. The summed E-state index contributed by atoms with van der Waals surface area (Å²) < 4.78 is 20.9. The molecule has 0 saturated heterocycles. The molecule has 19 heavy (non-hydrogen) atoms. The first-order chi connectivity index (χ1) is 9.17. The number of benzene rings is 1. The minimum Gasteiger partial charge on any atom is -0.494 e. The van der Waals surface area contributed by atoms with E-state index in [9.17, 15) is 4.39 Å². The summed E-state index contributed by atoms with van der Waals surface area (Å²) in [5, 5.41) is 0. The minimum atomic E-state index is -0.362. The van der Waals surface area contributed by atoms with Crippen molar-refractivity contribution in [3.8, 4) is 5.75 Å². The van der Waals surface area contributed by atoms with Crippen molar-refractivity contribution >= 4 is 0 Å². The van der Waals surface area contributed by atoms with Crippen LogP contribution in [0.4, 0.5) is 4.39 Å². The standard InChI is InChI=1S/C13H17FN4O/c1-18-7-6-16-13(18)10(17-15)8-9-4-3-5-11(19-2)12(9)14/h3-7,10,17H,8,15H2,1-2H3. The highest BCUT2D eigenvalue weighted by Crippen LogP contribution is 2.24. The molecule has 0 radical (unpaired) electrons. The van der Waals surface area contributed by atoms with Crippen LogP contribution in [-0.2, 0) is 13.5 Å². The Kier molecular flexibility index (Phi) is 4.13. The van der Waals surface area contributed by atoms with E-state index in [1.807, 2.05) is 17.8 Å². The molecule has 1 unspecified atom stereocenters. The molecule has 5 nitrogen and oxygen atoms in total. The van der Waals surface area contributed by atoms with Crippen LogP contribution in [0.25, 0.3) is 0 Å². The molecular formula is C13H17FN4O. The molecule has 0 aliphatic heterocycles. The fourth-order valence-corrected chi connectivity index (χ4v) is 2.03. The van der Waals surface area contributed by atoms with Gasteiger partial charge < -0.3 is 9.30 Å². The highest BCUT2D eigenvalue weighted by molar-refractivity contribution is 5.32. The van der Waals surface area contributed by atoms with Gasteiger partial charge in [-0.2, -0.15) is 0 Å². The Morgan fingerprint density at radius 1 is 1.53 bits per heavy atom. The molecule has 3 N–H and O–H groups in total. The molecule has 0 aliphatic rings. The van der Waals surface area contributed by atoms with E-state index in [1.54, 1.807) is 24.4 Å². The molecular weight excluding hydrogens is 247 g/mol. The quantitative estimate of drug-likeness (QED) is 0.631. The van der Waals surface area contributed by atoms with Crippen molar-refractivity contribution in [3.63, 3.8) is 0 Å². The van der Waals surface area contributed by atoms with E-state index in [4.69, 9.17) is 10.6 Å². The lowest BCUT2D eigenvalue weighted by Crippen LogP contribution is -2.31. The van der Waals surface area contributed by atoms with Crippen LogP contribution < -0.4 is 16.0 Å². The maximum atomic E-state index is 14.1. The molecule has 0 amide bonds. The summed E-state index contributed by atoms with van der Waals surface area (Å²) in [7, 11) is 3.31. The molecule has 102 valence electrons. The zero-order valence-corrected chi connectivity index (χ0v) is 10.9. The van der Waals surface area contributed by atoms with Gasteiger partial charge in [-0.1, -0.05) is 12.1 Å². The Balaban J connectivity index is 2.27. The van der Waals surface area contributed by atoms with Crippen molar-refractivity contribution in [2.24, 2.45) is 12.9 Å². The van der Waals surface area contributed by atoms with Crippen LogP contribution >= 0.6 is 0 Å². The number of hydrogen-bond acceptors (Lipinski definition) is 4. The molecule has 1 heterocycles. The lowest BCUT2D eigenvalue weighted by atomic mass is 10.0. The van der Waals surface area contributed by atoms with Crippen molar-refractivity contribution in [3.05, 3.63) is 47.8 Å². The van der Waals surface area contributed by atoms with Crippen molar-refractivity contribution in [1.82, 2.24) is 15.0 Å². The van der Waals surface area contributed by atoms with Gasteiger partial charge in [0.05, 0.1) is 13.2 Å². The third-order valence-corrected chi connectivity index (χ3v) is 3.06. The van der Waals surface area contributed by atoms with Crippen LogP contribution in [0.1, 0.15) is 17.4 Å². The summed E-state index contributed by atoms with van der Waals surface area (Å²) in [6.07, 6.45) is 3.90. The van der Waals surface area contributed by atoms with Gasteiger partial charge in [-0.3, -0.25) is 5.84 Å². The van der Waals surface area contributed by atoms with Crippen molar-refractivity contribution < 1.29 is 9.13 Å². The average Bonchev–Trinajstić information content (AvgIpc) is 2.84. The number of hydrogen-bond donors (Lipinski definition) is 2. The number of imidazole rings is 1. The molecule has 1 aromatic carbocycles. The van der Waals surface area contributed by atoms with Gasteiger partial charge in [-0.15, -0.1) is 0 Å². The number of nitrogens with one attached hydrogen (secondary N) is 1. The first kappa shape index (κ1) is 13.5. The number of hydrazine groups is 1. The largest absolute Gasteiger partial charge is 0.494 e. The molecule has 0 aliphatic carbocycles. The van der Waals surface area contributed by atoms with Crippen LogP contribution in [0.5, 0.6) is 5.75 Å². The van der Waals surface area contributed by atoms with E-state index in [1.165, 1.54) is 7.11 Å². The summed E-state index contributed by atoms with van der Waals surface area (Å²) in [4.78, 5) is 4.22. The van der Waals surface area contributed by atoms with Gasteiger partial charge in [0.1, 0.15) is 5.82 Å². The second kappa shape index (κ2) is 5.81. The fraction of sp³-hybridized carbons (Fsp3) is 0.308. The van der Waals surface area contributed by atoms with Gasteiger partial charge >= 0.3 is 0 Å². The average molecular weight is 264 g/mol. The molecule has 0 fully saturated rings. The van der Waals surface area contributed by atoms with E-state index in [-0.39, 0.29) is 17.6 Å². The van der Waals surface area contributed by atoms with Crippen LogP contribution in [0.2, 0.25) is 0 Å². The number of aromatic nitrogens is 2. The highest BCUT2D eigenvalue weighted by atomic mass is 19.1. The number of methoxy groups -OCH3 is 1. The predicted octanol–water partition coefficient (Wildman–Crippen LogP) is 1.31. The Labute approximate surface area is 111 Å². The summed E-state index contributed by atoms with van der Waals surface area (Å²) in [6.45, 7) is 0. The molecule has 1 atom stereocenters. The molecule has 0 saturated carbocycles. The molecule has 6 heteroatoms. The number of halogens is 1. The Morgan fingerprint density at radius 2 is 2.32 bits per heavy atom. The molecule has 1 aromatic heterocycles. The van der Waals surface area contributed by atoms with Gasteiger partial charge in [-0.25, -0.2) is 14.8 Å². The van der Waals surface area contributed by atoms with E-state index < -0.39 is 0 Å². The number of nitrogens with two attached hydrogens (primary N) is 1. The second-order valence-electron chi connectivity index (χ2n) is 4.25. The Hall–Kier alpha value is -1.92. The molecule has 2 rings (SSSR count). The number of nitrogens with zero attached hydrogens (tertiary/aromatic N) is 2. The third kappa shape index (κ3) is 2.74. The summed E-state index contributed by atoms with van der Waals surface area (Å²) in [6, 6.07) is 4.79. The van der Waals surface area contributed by atoms with Crippen LogP contribution in [0, 0.1) is 5.82 Å². The smallest absolute Gasteiger partial charge is 0.168 e. The monoisotopic (exact) mass is 264 g/mol. The third-order valence-electron chi connectivity index (χ3n) is 3.06. The summed E-state index contributed by atoms with van der Waals surface area (Å²) in [5.41, 5.74) is 3.20. The SMILES string of the molecule is COc1cccc(CC(NN)c2nccn2C)c1F. The van der Waals surface area contributed by atoms with E-state index in [2.05, 4.69) is 10.4 Å². The fourth-order valence-electron chi connectivity index (χ4n) is 2.03. The van der Waals surface area contributed by atoms with E-state index >= 15 is 0 Å². The Morgan fingerprint density at radius 3 is 2.89 bits per heavy atom. The Bertz CT molecular complexity index is 555. The predicted molar refractivity (Wildman–Crippen MR) is 69.9 cm³/mol.